The highest BCUT2D eigenvalue weighted by Gasteiger charge is 2.29. The zero-order valence-electron chi connectivity index (χ0n) is 15.1. The first kappa shape index (κ1) is 21.1. The summed E-state index contributed by atoms with van der Waals surface area (Å²) in [6.45, 7) is 1.56. The largest absolute Gasteiger partial charge is 0.378 e. The molecule has 0 unspecified atom stereocenters. The van der Waals surface area contributed by atoms with E-state index in [4.69, 9.17) is 27.9 Å². The quantitative estimate of drug-likeness (QED) is 0.689. The lowest BCUT2D eigenvalue weighted by Crippen LogP contribution is -2.46. The number of carbonyl (C=O) groups is 1. The molecule has 9 heteroatoms. The van der Waals surface area contributed by atoms with Crippen LogP contribution in [0.3, 0.4) is 0 Å². The minimum Gasteiger partial charge on any atom is -0.378 e. The molecule has 1 fully saturated rings. The SMILES string of the molecule is O=C(CN(Cc1cccc(Cl)c1)S(=O)(=O)c1ccc(Cl)cc1)N1CCOCC1. The normalized spacial score (nSPS) is 15.0. The van der Waals surface area contributed by atoms with Crippen molar-refractivity contribution in [1.29, 1.82) is 0 Å². The molecule has 6 nitrogen and oxygen atoms in total. The number of hydrogen-bond donors (Lipinski definition) is 0. The topological polar surface area (TPSA) is 66.9 Å². The Morgan fingerprint density at radius 1 is 1.04 bits per heavy atom. The van der Waals surface area contributed by atoms with Crippen LogP contribution in [0.15, 0.2) is 53.4 Å². The van der Waals surface area contributed by atoms with Crippen molar-refractivity contribution in [3.63, 3.8) is 0 Å². The highest BCUT2D eigenvalue weighted by atomic mass is 35.5. The summed E-state index contributed by atoms with van der Waals surface area (Å²) in [5.41, 5.74) is 0.694. The Morgan fingerprint density at radius 2 is 1.71 bits per heavy atom. The van der Waals surface area contributed by atoms with Crippen LogP contribution in [0.4, 0.5) is 0 Å². The van der Waals surface area contributed by atoms with Gasteiger partial charge in [0.05, 0.1) is 24.7 Å². The number of ether oxygens (including phenoxy) is 1. The molecular weight excluding hydrogens is 423 g/mol. The minimum absolute atomic E-state index is 0.0294. The van der Waals surface area contributed by atoms with Gasteiger partial charge in [-0.2, -0.15) is 4.31 Å². The second-order valence-corrected chi connectivity index (χ2v) is 9.16. The Kier molecular flexibility index (Phi) is 6.95. The van der Waals surface area contributed by atoms with Crippen LogP contribution in [0.2, 0.25) is 10.0 Å². The third-order valence-electron chi connectivity index (χ3n) is 4.37. The Hall–Kier alpha value is -1.64. The molecule has 0 atom stereocenters. The van der Waals surface area contributed by atoms with E-state index in [2.05, 4.69) is 0 Å². The fourth-order valence-electron chi connectivity index (χ4n) is 2.88. The van der Waals surface area contributed by atoms with Gasteiger partial charge in [-0.25, -0.2) is 8.42 Å². The number of carbonyl (C=O) groups excluding carboxylic acids is 1. The molecule has 0 saturated carbocycles. The summed E-state index contributed by atoms with van der Waals surface area (Å²) in [5.74, 6) is -0.261. The van der Waals surface area contributed by atoms with Gasteiger partial charge in [0.2, 0.25) is 15.9 Å². The molecule has 150 valence electrons. The third-order valence-corrected chi connectivity index (χ3v) is 6.67. The van der Waals surface area contributed by atoms with Gasteiger partial charge < -0.3 is 9.64 Å². The van der Waals surface area contributed by atoms with E-state index in [-0.39, 0.29) is 23.9 Å². The van der Waals surface area contributed by atoms with Gasteiger partial charge in [-0.05, 0) is 42.0 Å². The number of amides is 1. The van der Waals surface area contributed by atoms with E-state index < -0.39 is 10.0 Å². The average molecular weight is 443 g/mol. The van der Waals surface area contributed by atoms with E-state index in [1.165, 1.54) is 28.6 Å². The fraction of sp³-hybridized carbons (Fsp3) is 0.316. The van der Waals surface area contributed by atoms with Crippen LogP contribution < -0.4 is 0 Å². The van der Waals surface area contributed by atoms with Crippen molar-refractivity contribution in [3.05, 3.63) is 64.1 Å². The van der Waals surface area contributed by atoms with E-state index in [9.17, 15) is 13.2 Å². The molecule has 28 heavy (non-hydrogen) atoms. The first-order chi connectivity index (χ1) is 13.4. The summed E-state index contributed by atoms with van der Waals surface area (Å²) in [7, 11) is -3.91. The number of morpholine rings is 1. The number of benzene rings is 2. The first-order valence-corrected chi connectivity index (χ1v) is 10.9. The number of halogens is 2. The Labute approximate surface area is 174 Å². The molecule has 1 aliphatic rings. The van der Waals surface area contributed by atoms with Crippen molar-refractivity contribution >= 4 is 39.1 Å². The van der Waals surface area contributed by atoms with E-state index >= 15 is 0 Å². The lowest BCUT2D eigenvalue weighted by molar-refractivity contribution is -0.135. The third kappa shape index (κ3) is 5.24. The van der Waals surface area contributed by atoms with Crippen LogP contribution in [0.1, 0.15) is 5.56 Å². The summed E-state index contributed by atoms with van der Waals surface area (Å²) < 4.78 is 32.8. The molecule has 1 saturated heterocycles. The zero-order valence-corrected chi connectivity index (χ0v) is 17.4. The monoisotopic (exact) mass is 442 g/mol. The Morgan fingerprint density at radius 3 is 2.36 bits per heavy atom. The van der Waals surface area contributed by atoms with Crippen LogP contribution in [-0.4, -0.2) is 56.4 Å². The summed E-state index contributed by atoms with van der Waals surface area (Å²) >= 11 is 11.9. The molecule has 0 N–H and O–H groups in total. The van der Waals surface area contributed by atoms with Gasteiger partial charge in [-0.1, -0.05) is 35.3 Å². The molecule has 1 aliphatic heterocycles. The predicted octanol–water partition coefficient (Wildman–Crippen LogP) is 3.04. The zero-order chi connectivity index (χ0) is 20.1. The van der Waals surface area contributed by atoms with Crippen LogP contribution >= 0.6 is 23.2 Å². The Bertz CT molecular complexity index is 929. The Balaban J connectivity index is 1.88. The smallest absolute Gasteiger partial charge is 0.243 e. The van der Waals surface area contributed by atoms with Crippen LogP contribution in [0, 0.1) is 0 Å². The minimum atomic E-state index is -3.91. The molecule has 1 amide bonds. The van der Waals surface area contributed by atoms with Gasteiger partial charge in [0.25, 0.3) is 0 Å². The maximum Gasteiger partial charge on any atom is 0.243 e. The number of nitrogens with zero attached hydrogens (tertiary/aromatic N) is 2. The first-order valence-electron chi connectivity index (χ1n) is 8.72. The van der Waals surface area contributed by atoms with Crippen molar-refractivity contribution in [2.24, 2.45) is 0 Å². The highest BCUT2D eigenvalue weighted by molar-refractivity contribution is 7.89. The lowest BCUT2D eigenvalue weighted by atomic mass is 10.2. The van der Waals surface area contributed by atoms with Crippen molar-refractivity contribution in [2.75, 3.05) is 32.8 Å². The van der Waals surface area contributed by atoms with Crippen LogP contribution in [0.5, 0.6) is 0 Å². The molecule has 2 aromatic rings. The number of sulfonamides is 1. The van der Waals surface area contributed by atoms with E-state index in [1.807, 2.05) is 0 Å². The molecule has 0 bridgehead atoms. The number of rotatable bonds is 6. The van der Waals surface area contributed by atoms with Gasteiger partial charge in [0.15, 0.2) is 0 Å². The standard InChI is InChI=1S/C19H20Cl2N2O4S/c20-16-4-6-18(7-5-16)28(25,26)23(13-15-2-1-3-17(21)12-15)14-19(24)22-8-10-27-11-9-22/h1-7,12H,8-11,13-14H2. The highest BCUT2D eigenvalue weighted by Crippen LogP contribution is 2.22. The second-order valence-electron chi connectivity index (χ2n) is 6.35. The van der Waals surface area contributed by atoms with Crippen molar-refractivity contribution < 1.29 is 17.9 Å². The predicted molar refractivity (Wildman–Crippen MR) is 108 cm³/mol. The summed E-state index contributed by atoms with van der Waals surface area (Å²) in [5, 5.41) is 0.936. The molecule has 3 rings (SSSR count). The molecule has 0 radical (unpaired) electrons. The molecule has 1 heterocycles. The van der Waals surface area contributed by atoms with Gasteiger partial charge in [-0.3, -0.25) is 4.79 Å². The molecule has 0 aromatic heterocycles. The van der Waals surface area contributed by atoms with Crippen molar-refractivity contribution in [1.82, 2.24) is 9.21 Å². The summed E-state index contributed by atoms with van der Waals surface area (Å²) in [6, 6.07) is 12.8. The van der Waals surface area contributed by atoms with Gasteiger partial charge in [-0.15, -0.1) is 0 Å². The molecule has 2 aromatic carbocycles. The summed E-state index contributed by atoms with van der Waals surface area (Å²) in [6.07, 6.45) is 0. The van der Waals surface area contributed by atoms with E-state index in [1.54, 1.807) is 29.2 Å². The van der Waals surface area contributed by atoms with Crippen LogP contribution in [0.25, 0.3) is 0 Å². The van der Waals surface area contributed by atoms with Crippen molar-refractivity contribution in [3.8, 4) is 0 Å². The van der Waals surface area contributed by atoms with E-state index in [0.29, 0.717) is 41.9 Å². The average Bonchev–Trinajstić information content (AvgIpc) is 2.68. The summed E-state index contributed by atoms with van der Waals surface area (Å²) in [4.78, 5) is 14.4. The maximum absolute atomic E-state index is 13.2. The lowest BCUT2D eigenvalue weighted by Gasteiger charge is -2.29. The van der Waals surface area contributed by atoms with Crippen LogP contribution in [-0.2, 0) is 26.1 Å². The molecule has 0 spiro atoms. The van der Waals surface area contributed by atoms with E-state index in [0.717, 1.165) is 0 Å². The molecular formula is C19H20Cl2N2O4S. The van der Waals surface area contributed by atoms with Gasteiger partial charge >= 0.3 is 0 Å². The van der Waals surface area contributed by atoms with Gasteiger partial charge in [0, 0.05) is 29.7 Å². The fourth-order valence-corrected chi connectivity index (χ4v) is 4.60. The van der Waals surface area contributed by atoms with Crippen molar-refractivity contribution in [2.45, 2.75) is 11.4 Å². The van der Waals surface area contributed by atoms with Gasteiger partial charge in [0.1, 0.15) is 0 Å². The maximum atomic E-state index is 13.2. The second kappa shape index (κ2) is 9.24. The molecule has 0 aliphatic carbocycles. The number of hydrogen-bond acceptors (Lipinski definition) is 4.